The van der Waals surface area contributed by atoms with Crippen LogP contribution in [0.5, 0.6) is 5.75 Å². The molecule has 1 amide bonds. The predicted octanol–water partition coefficient (Wildman–Crippen LogP) is 2.89. The van der Waals surface area contributed by atoms with Gasteiger partial charge in [0.2, 0.25) is 5.91 Å². The van der Waals surface area contributed by atoms with Crippen LogP contribution in [-0.4, -0.2) is 28.5 Å². The molecule has 1 fully saturated rings. The summed E-state index contributed by atoms with van der Waals surface area (Å²) in [5.74, 6) is 0.268. The lowest BCUT2D eigenvalue weighted by atomic mass is 10.1. The van der Waals surface area contributed by atoms with Gasteiger partial charge in [-0.3, -0.25) is 14.9 Å². The molecule has 0 aromatic heterocycles. The van der Waals surface area contributed by atoms with Crippen molar-refractivity contribution in [3.8, 4) is 5.75 Å². The monoisotopic (exact) mass is 352 g/mol. The number of ether oxygens (including phenoxy) is 1. The lowest BCUT2D eigenvalue weighted by Crippen LogP contribution is -2.46. The minimum Gasteiger partial charge on any atom is -0.427 e. The second-order valence-corrected chi connectivity index (χ2v) is 7.11. The molecule has 1 aliphatic rings. The molecule has 0 radical (unpaired) electrons. The van der Waals surface area contributed by atoms with Crippen LogP contribution in [0.4, 0.5) is 0 Å². The van der Waals surface area contributed by atoms with E-state index in [1.54, 1.807) is 12.1 Å². The van der Waals surface area contributed by atoms with Gasteiger partial charge in [0.15, 0.2) is 0 Å². The standard InChI is InChI=1S/C21H24N2O3/c1-15(24)26-18-11-9-16(10-12-18)13-19-20(25)23(21(2,3)22-19)14-17-7-5-4-6-8-17/h4-12,19,22H,13-14H2,1-3H3/t19-/m0/s1. The molecule has 1 saturated heterocycles. The summed E-state index contributed by atoms with van der Waals surface area (Å²) in [4.78, 5) is 25.8. The van der Waals surface area contributed by atoms with E-state index in [1.165, 1.54) is 6.92 Å². The molecule has 0 saturated carbocycles. The van der Waals surface area contributed by atoms with Crippen molar-refractivity contribution in [2.45, 2.75) is 45.4 Å². The molecule has 26 heavy (non-hydrogen) atoms. The van der Waals surface area contributed by atoms with Crippen molar-refractivity contribution >= 4 is 11.9 Å². The first-order valence-electron chi connectivity index (χ1n) is 8.75. The Morgan fingerprint density at radius 1 is 1.08 bits per heavy atom. The smallest absolute Gasteiger partial charge is 0.308 e. The number of hydrogen-bond donors (Lipinski definition) is 1. The maximum absolute atomic E-state index is 12.9. The lowest BCUT2D eigenvalue weighted by molar-refractivity contribution is -0.132. The number of carbonyl (C=O) groups is 2. The molecule has 1 heterocycles. The van der Waals surface area contributed by atoms with E-state index in [0.717, 1.165) is 11.1 Å². The minimum atomic E-state index is -0.407. The zero-order chi connectivity index (χ0) is 18.7. The summed E-state index contributed by atoms with van der Waals surface area (Å²) in [7, 11) is 0. The van der Waals surface area contributed by atoms with Gasteiger partial charge < -0.3 is 9.64 Å². The molecule has 2 aromatic rings. The Hall–Kier alpha value is -2.66. The molecule has 3 rings (SSSR count). The fourth-order valence-corrected chi connectivity index (χ4v) is 3.30. The van der Waals surface area contributed by atoms with Crippen molar-refractivity contribution in [3.05, 3.63) is 65.7 Å². The fourth-order valence-electron chi connectivity index (χ4n) is 3.30. The molecule has 5 nitrogen and oxygen atoms in total. The molecule has 5 heteroatoms. The van der Waals surface area contributed by atoms with Gasteiger partial charge in [-0.05, 0) is 43.5 Å². The van der Waals surface area contributed by atoms with Crippen LogP contribution in [-0.2, 0) is 22.6 Å². The number of nitrogens with one attached hydrogen (secondary N) is 1. The zero-order valence-corrected chi connectivity index (χ0v) is 15.4. The second-order valence-electron chi connectivity index (χ2n) is 7.11. The number of amides is 1. The minimum absolute atomic E-state index is 0.0999. The lowest BCUT2D eigenvalue weighted by Gasteiger charge is -2.31. The largest absolute Gasteiger partial charge is 0.427 e. The molecule has 0 aliphatic carbocycles. The molecule has 136 valence electrons. The van der Waals surface area contributed by atoms with Crippen LogP contribution in [0.2, 0.25) is 0 Å². The van der Waals surface area contributed by atoms with Gasteiger partial charge >= 0.3 is 5.97 Å². The molecular weight excluding hydrogens is 328 g/mol. The summed E-state index contributed by atoms with van der Waals surface area (Å²) >= 11 is 0. The summed E-state index contributed by atoms with van der Waals surface area (Å²) in [5, 5.41) is 3.44. The Morgan fingerprint density at radius 3 is 2.35 bits per heavy atom. The number of rotatable bonds is 5. The highest BCUT2D eigenvalue weighted by atomic mass is 16.5. The number of benzene rings is 2. The van der Waals surface area contributed by atoms with Crippen LogP contribution in [0.1, 0.15) is 31.9 Å². The Bertz CT molecular complexity index is 785. The Morgan fingerprint density at radius 2 is 1.73 bits per heavy atom. The molecule has 1 atom stereocenters. The summed E-state index contributed by atoms with van der Waals surface area (Å²) in [6, 6.07) is 17.0. The summed E-state index contributed by atoms with van der Waals surface area (Å²) in [6.07, 6.45) is 0.591. The number of nitrogens with zero attached hydrogens (tertiary/aromatic N) is 1. The summed E-state index contributed by atoms with van der Waals surface area (Å²) in [5.41, 5.74) is 1.72. The van der Waals surface area contributed by atoms with E-state index in [0.29, 0.717) is 18.7 Å². The van der Waals surface area contributed by atoms with Gasteiger partial charge in [0.25, 0.3) is 0 Å². The highest BCUT2D eigenvalue weighted by molar-refractivity contribution is 5.85. The Labute approximate surface area is 154 Å². The summed E-state index contributed by atoms with van der Waals surface area (Å²) < 4.78 is 5.05. The van der Waals surface area contributed by atoms with Crippen LogP contribution in [0.15, 0.2) is 54.6 Å². The fraction of sp³-hybridized carbons (Fsp3) is 0.333. The predicted molar refractivity (Wildman–Crippen MR) is 99.4 cm³/mol. The average molecular weight is 352 g/mol. The topological polar surface area (TPSA) is 58.6 Å². The van der Waals surface area contributed by atoms with Gasteiger partial charge in [-0.2, -0.15) is 0 Å². The molecule has 0 bridgehead atoms. The third-order valence-corrected chi connectivity index (χ3v) is 4.57. The maximum atomic E-state index is 12.9. The van der Waals surface area contributed by atoms with Gasteiger partial charge in [-0.15, -0.1) is 0 Å². The van der Waals surface area contributed by atoms with Crippen molar-refractivity contribution in [2.75, 3.05) is 0 Å². The number of carbonyl (C=O) groups excluding carboxylic acids is 2. The van der Waals surface area contributed by atoms with E-state index in [-0.39, 0.29) is 17.9 Å². The molecule has 1 aliphatic heterocycles. The van der Waals surface area contributed by atoms with Gasteiger partial charge in [-0.25, -0.2) is 0 Å². The van der Waals surface area contributed by atoms with Gasteiger partial charge in [0, 0.05) is 13.5 Å². The van der Waals surface area contributed by atoms with Crippen LogP contribution in [0.25, 0.3) is 0 Å². The third kappa shape index (κ3) is 4.11. The normalized spacial score (nSPS) is 18.8. The highest BCUT2D eigenvalue weighted by Gasteiger charge is 2.43. The molecule has 0 spiro atoms. The quantitative estimate of drug-likeness (QED) is 0.664. The average Bonchev–Trinajstić information content (AvgIpc) is 2.80. The maximum Gasteiger partial charge on any atom is 0.308 e. The molecule has 1 N–H and O–H groups in total. The van der Waals surface area contributed by atoms with Crippen LogP contribution in [0, 0.1) is 0 Å². The van der Waals surface area contributed by atoms with Crippen LogP contribution < -0.4 is 10.1 Å². The van der Waals surface area contributed by atoms with E-state index < -0.39 is 5.66 Å². The molecule has 0 unspecified atom stereocenters. The van der Waals surface area contributed by atoms with Crippen molar-refractivity contribution in [1.29, 1.82) is 0 Å². The number of esters is 1. The van der Waals surface area contributed by atoms with Crippen molar-refractivity contribution < 1.29 is 14.3 Å². The Balaban J connectivity index is 1.69. The van der Waals surface area contributed by atoms with Crippen molar-refractivity contribution in [3.63, 3.8) is 0 Å². The van der Waals surface area contributed by atoms with Gasteiger partial charge in [0.1, 0.15) is 5.75 Å². The number of hydrogen-bond acceptors (Lipinski definition) is 4. The van der Waals surface area contributed by atoms with Gasteiger partial charge in [-0.1, -0.05) is 42.5 Å². The van der Waals surface area contributed by atoms with Crippen LogP contribution in [0.3, 0.4) is 0 Å². The van der Waals surface area contributed by atoms with E-state index in [4.69, 9.17) is 4.74 Å². The van der Waals surface area contributed by atoms with Crippen molar-refractivity contribution in [1.82, 2.24) is 10.2 Å². The van der Waals surface area contributed by atoms with Gasteiger partial charge in [0.05, 0.1) is 11.7 Å². The highest BCUT2D eigenvalue weighted by Crippen LogP contribution is 2.26. The molecular formula is C21H24N2O3. The van der Waals surface area contributed by atoms with E-state index in [9.17, 15) is 9.59 Å². The van der Waals surface area contributed by atoms with E-state index in [1.807, 2.05) is 61.2 Å². The first kappa shape index (κ1) is 18.1. The zero-order valence-electron chi connectivity index (χ0n) is 15.4. The van der Waals surface area contributed by atoms with E-state index >= 15 is 0 Å². The Kier molecular flexibility index (Phi) is 5.09. The SMILES string of the molecule is CC(=O)Oc1ccc(C[C@@H]2NC(C)(C)N(Cc3ccccc3)C2=O)cc1. The first-order chi connectivity index (χ1) is 12.3. The van der Waals surface area contributed by atoms with Crippen molar-refractivity contribution in [2.24, 2.45) is 0 Å². The third-order valence-electron chi connectivity index (χ3n) is 4.57. The first-order valence-corrected chi connectivity index (χ1v) is 8.75. The summed E-state index contributed by atoms with van der Waals surface area (Å²) in [6.45, 7) is 6.01. The van der Waals surface area contributed by atoms with Crippen LogP contribution >= 0.6 is 0 Å². The second kappa shape index (κ2) is 7.30. The molecule has 2 aromatic carbocycles. The van der Waals surface area contributed by atoms with E-state index in [2.05, 4.69) is 5.32 Å².